The molecule has 0 radical (unpaired) electrons. The molecular formula is C8H13F3N2O4. The molecule has 0 spiro atoms. The maximum absolute atomic E-state index is 11.7. The third kappa shape index (κ3) is 6.74. The van der Waals surface area contributed by atoms with Gasteiger partial charge in [-0.15, -0.1) is 0 Å². The molecule has 6 nitrogen and oxygen atoms in total. The van der Waals surface area contributed by atoms with Crippen LogP contribution >= 0.6 is 0 Å². The molecule has 0 heterocycles. The number of hydrogen-bond donors (Lipinski definition) is 2. The number of amides is 2. The van der Waals surface area contributed by atoms with Crippen molar-refractivity contribution in [1.82, 2.24) is 10.6 Å². The summed E-state index contributed by atoms with van der Waals surface area (Å²) in [5, 5.41) is 3.64. The highest BCUT2D eigenvalue weighted by Crippen LogP contribution is 2.13. The summed E-state index contributed by atoms with van der Waals surface area (Å²) in [6.07, 6.45) is -5.70. The molecule has 2 N–H and O–H groups in total. The first-order valence-electron chi connectivity index (χ1n) is 4.48. The van der Waals surface area contributed by atoms with Crippen molar-refractivity contribution in [2.24, 2.45) is 0 Å². The summed E-state index contributed by atoms with van der Waals surface area (Å²) in [7, 11) is 2.68. The highest BCUT2D eigenvalue weighted by atomic mass is 19.4. The van der Waals surface area contributed by atoms with Gasteiger partial charge in [0.15, 0.2) is 6.29 Å². The molecule has 0 aromatic carbocycles. The van der Waals surface area contributed by atoms with E-state index in [0.29, 0.717) is 0 Å². The molecule has 0 aromatic heterocycles. The molecule has 0 saturated heterocycles. The Hall–Kier alpha value is -1.35. The van der Waals surface area contributed by atoms with E-state index in [9.17, 15) is 22.8 Å². The number of rotatable bonds is 6. The van der Waals surface area contributed by atoms with Gasteiger partial charge in [0.05, 0.1) is 13.1 Å². The molecule has 9 heteroatoms. The van der Waals surface area contributed by atoms with Gasteiger partial charge >= 0.3 is 12.1 Å². The van der Waals surface area contributed by atoms with Gasteiger partial charge in [-0.3, -0.25) is 9.59 Å². The van der Waals surface area contributed by atoms with Crippen molar-refractivity contribution in [1.29, 1.82) is 0 Å². The zero-order valence-corrected chi connectivity index (χ0v) is 9.26. The van der Waals surface area contributed by atoms with Crippen LogP contribution in [0.3, 0.4) is 0 Å². The largest absolute Gasteiger partial charge is 0.471 e. The molecular weight excluding hydrogens is 245 g/mol. The minimum Gasteiger partial charge on any atom is -0.354 e. The quantitative estimate of drug-likeness (QED) is 0.624. The third-order valence-corrected chi connectivity index (χ3v) is 1.66. The first kappa shape index (κ1) is 15.7. The van der Waals surface area contributed by atoms with Crippen molar-refractivity contribution in [3.63, 3.8) is 0 Å². The minimum absolute atomic E-state index is 0.0340. The van der Waals surface area contributed by atoms with Crippen molar-refractivity contribution in [3.05, 3.63) is 0 Å². The van der Waals surface area contributed by atoms with Crippen LogP contribution in [0.15, 0.2) is 0 Å². The smallest absolute Gasteiger partial charge is 0.354 e. The van der Waals surface area contributed by atoms with Crippen LogP contribution in [0.1, 0.15) is 0 Å². The predicted molar refractivity (Wildman–Crippen MR) is 49.9 cm³/mol. The van der Waals surface area contributed by atoms with Gasteiger partial charge in [-0.25, -0.2) is 0 Å². The van der Waals surface area contributed by atoms with Crippen molar-refractivity contribution < 1.29 is 32.2 Å². The van der Waals surface area contributed by atoms with Crippen LogP contribution in [-0.4, -0.2) is 51.6 Å². The maximum atomic E-state index is 11.7. The average Bonchev–Trinajstić information content (AvgIpc) is 2.25. The Morgan fingerprint density at radius 3 is 2.12 bits per heavy atom. The SMILES string of the molecule is COC(CNC(=O)CNC(=O)C(F)(F)F)OC. The van der Waals surface area contributed by atoms with Crippen LogP contribution in [0, 0.1) is 0 Å². The monoisotopic (exact) mass is 258 g/mol. The molecule has 0 saturated carbocycles. The summed E-state index contributed by atoms with van der Waals surface area (Å²) in [5.41, 5.74) is 0. The fraction of sp³-hybridized carbons (Fsp3) is 0.750. The van der Waals surface area contributed by atoms with Crippen molar-refractivity contribution >= 4 is 11.8 Å². The fourth-order valence-electron chi connectivity index (χ4n) is 0.783. The molecule has 0 rings (SSSR count). The molecule has 0 aliphatic rings. The van der Waals surface area contributed by atoms with E-state index in [-0.39, 0.29) is 6.54 Å². The van der Waals surface area contributed by atoms with Crippen molar-refractivity contribution in [2.75, 3.05) is 27.3 Å². The van der Waals surface area contributed by atoms with E-state index >= 15 is 0 Å². The number of carbonyl (C=O) groups is 2. The van der Waals surface area contributed by atoms with Gasteiger partial charge in [-0.1, -0.05) is 0 Å². The Morgan fingerprint density at radius 2 is 1.71 bits per heavy atom. The van der Waals surface area contributed by atoms with Crippen LogP contribution in [-0.2, 0) is 19.1 Å². The Bertz CT molecular complexity index is 266. The standard InChI is InChI=1S/C8H13F3N2O4/c1-16-6(17-2)4-12-5(14)3-13-7(15)8(9,10)11/h6H,3-4H2,1-2H3,(H,12,14)(H,13,15). The van der Waals surface area contributed by atoms with Crippen LogP contribution < -0.4 is 10.6 Å². The molecule has 0 aromatic rings. The lowest BCUT2D eigenvalue weighted by Gasteiger charge is -2.14. The molecule has 0 unspecified atom stereocenters. The van der Waals surface area contributed by atoms with Crippen LogP contribution in [0.4, 0.5) is 13.2 Å². The van der Waals surface area contributed by atoms with Crippen molar-refractivity contribution in [2.45, 2.75) is 12.5 Å². The number of halogens is 3. The zero-order valence-electron chi connectivity index (χ0n) is 9.26. The Labute approximate surface area is 95.4 Å². The number of hydrogen-bond acceptors (Lipinski definition) is 4. The molecule has 17 heavy (non-hydrogen) atoms. The highest BCUT2D eigenvalue weighted by molar-refractivity contribution is 5.87. The Kier molecular flexibility index (Phi) is 6.51. The second kappa shape index (κ2) is 7.07. The molecule has 2 amide bonds. The summed E-state index contributed by atoms with van der Waals surface area (Å²) >= 11 is 0. The van der Waals surface area contributed by atoms with Gasteiger partial charge in [0.25, 0.3) is 0 Å². The van der Waals surface area contributed by atoms with Gasteiger partial charge in [-0.2, -0.15) is 13.2 Å². The molecule has 0 atom stereocenters. The third-order valence-electron chi connectivity index (χ3n) is 1.66. The lowest BCUT2D eigenvalue weighted by atomic mass is 10.5. The van der Waals surface area contributed by atoms with Gasteiger partial charge in [0, 0.05) is 14.2 Å². The molecule has 0 aliphatic carbocycles. The number of carbonyl (C=O) groups excluding carboxylic acids is 2. The molecule has 100 valence electrons. The van der Waals surface area contributed by atoms with E-state index < -0.39 is 30.8 Å². The van der Waals surface area contributed by atoms with Gasteiger partial charge in [-0.05, 0) is 0 Å². The first-order valence-corrected chi connectivity index (χ1v) is 4.48. The number of methoxy groups -OCH3 is 2. The topological polar surface area (TPSA) is 76.7 Å². The van der Waals surface area contributed by atoms with Crippen LogP contribution in [0.5, 0.6) is 0 Å². The Balaban J connectivity index is 3.85. The van der Waals surface area contributed by atoms with Gasteiger partial charge in [0.1, 0.15) is 0 Å². The average molecular weight is 258 g/mol. The summed E-state index contributed by atoms with van der Waals surface area (Å²) in [6.45, 7) is -0.799. The van der Waals surface area contributed by atoms with E-state index in [1.807, 2.05) is 0 Å². The number of ether oxygens (including phenoxy) is 2. The highest BCUT2D eigenvalue weighted by Gasteiger charge is 2.38. The molecule has 0 aliphatic heterocycles. The molecule has 0 fully saturated rings. The van der Waals surface area contributed by atoms with Crippen molar-refractivity contribution in [3.8, 4) is 0 Å². The Morgan fingerprint density at radius 1 is 1.18 bits per heavy atom. The van der Waals surface area contributed by atoms with Crippen LogP contribution in [0.2, 0.25) is 0 Å². The van der Waals surface area contributed by atoms with E-state index in [2.05, 4.69) is 5.32 Å². The summed E-state index contributed by atoms with van der Waals surface area (Å²) < 4.78 is 44.7. The number of nitrogens with one attached hydrogen (secondary N) is 2. The first-order chi connectivity index (χ1) is 7.81. The lowest BCUT2D eigenvalue weighted by Crippen LogP contribution is -2.44. The van der Waals surface area contributed by atoms with E-state index in [4.69, 9.17) is 9.47 Å². The lowest BCUT2D eigenvalue weighted by molar-refractivity contribution is -0.173. The summed E-state index contributed by atoms with van der Waals surface area (Å²) in [4.78, 5) is 21.4. The summed E-state index contributed by atoms with van der Waals surface area (Å²) in [5.74, 6) is -2.94. The summed E-state index contributed by atoms with van der Waals surface area (Å²) in [6, 6.07) is 0. The normalized spacial score (nSPS) is 11.4. The fourth-order valence-corrected chi connectivity index (χ4v) is 0.783. The number of alkyl halides is 3. The van der Waals surface area contributed by atoms with Gasteiger partial charge < -0.3 is 20.1 Å². The maximum Gasteiger partial charge on any atom is 0.471 e. The molecule has 0 bridgehead atoms. The van der Waals surface area contributed by atoms with E-state index in [1.54, 1.807) is 0 Å². The van der Waals surface area contributed by atoms with E-state index in [0.717, 1.165) is 0 Å². The van der Waals surface area contributed by atoms with Crippen LogP contribution in [0.25, 0.3) is 0 Å². The minimum atomic E-state index is -5.00. The van der Waals surface area contributed by atoms with E-state index in [1.165, 1.54) is 19.5 Å². The predicted octanol–water partition coefficient (Wildman–Crippen LogP) is -0.600. The zero-order chi connectivity index (χ0) is 13.5. The van der Waals surface area contributed by atoms with Gasteiger partial charge in [0.2, 0.25) is 5.91 Å². The second-order valence-corrected chi connectivity index (χ2v) is 2.89. The second-order valence-electron chi connectivity index (χ2n) is 2.89.